The van der Waals surface area contributed by atoms with Gasteiger partial charge in [-0.05, 0) is 12.5 Å². The molecule has 2 aromatic rings. The van der Waals surface area contributed by atoms with Crippen LogP contribution in [0.5, 0.6) is 0 Å². The number of sulfone groups is 1. The van der Waals surface area contributed by atoms with E-state index >= 15 is 0 Å². The van der Waals surface area contributed by atoms with Gasteiger partial charge in [0.2, 0.25) is 0 Å². The zero-order valence-electron chi connectivity index (χ0n) is 12.6. The Morgan fingerprint density at radius 1 is 1.18 bits per heavy atom. The van der Waals surface area contributed by atoms with Crippen LogP contribution in [0.3, 0.4) is 0 Å². The lowest BCUT2D eigenvalue weighted by molar-refractivity contribution is -0.387. The van der Waals surface area contributed by atoms with Gasteiger partial charge in [-0.25, -0.2) is 13.2 Å². The van der Waals surface area contributed by atoms with Crippen molar-refractivity contribution in [1.82, 2.24) is 9.13 Å². The number of nitro groups is 1. The van der Waals surface area contributed by atoms with Gasteiger partial charge >= 0.3 is 5.69 Å². The van der Waals surface area contributed by atoms with Gasteiger partial charge in [-0.1, -0.05) is 13.3 Å². The number of fused-ring (bicyclic) bond motifs is 1. The Balaban J connectivity index is 2.83. The molecule has 8 nitrogen and oxygen atoms in total. The second-order valence-electron chi connectivity index (χ2n) is 5.14. The lowest BCUT2D eigenvalue weighted by Gasteiger charge is -2.06. The highest BCUT2D eigenvalue weighted by Gasteiger charge is 2.28. The highest BCUT2D eigenvalue weighted by atomic mass is 32.2. The Bertz CT molecular complexity index is 908. The normalized spacial score (nSPS) is 12.0. The van der Waals surface area contributed by atoms with Gasteiger partial charge < -0.3 is 0 Å². The van der Waals surface area contributed by atoms with E-state index in [0.29, 0.717) is 23.9 Å². The molecule has 0 spiro atoms. The summed E-state index contributed by atoms with van der Waals surface area (Å²) < 4.78 is 27.3. The molecule has 0 unspecified atom stereocenters. The third kappa shape index (κ3) is 2.52. The van der Waals surface area contributed by atoms with Crippen molar-refractivity contribution in [3.8, 4) is 0 Å². The van der Waals surface area contributed by atoms with E-state index in [9.17, 15) is 23.3 Å². The van der Waals surface area contributed by atoms with Crippen molar-refractivity contribution in [3.63, 3.8) is 0 Å². The van der Waals surface area contributed by atoms with Crippen LogP contribution < -0.4 is 5.69 Å². The Morgan fingerprint density at radius 2 is 1.73 bits per heavy atom. The molecule has 2 rings (SSSR count). The van der Waals surface area contributed by atoms with Crippen LogP contribution in [0.2, 0.25) is 0 Å². The maximum absolute atomic E-state index is 12.4. The zero-order chi connectivity index (χ0) is 16.7. The Morgan fingerprint density at radius 3 is 2.23 bits per heavy atom. The van der Waals surface area contributed by atoms with Gasteiger partial charge in [-0.3, -0.25) is 19.2 Å². The molecule has 120 valence electrons. The highest BCUT2D eigenvalue weighted by molar-refractivity contribution is 7.91. The van der Waals surface area contributed by atoms with Crippen LogP contribution in [0.15, 0.2) is 21.8 Å². The lowest BCUT2D eigenvalue weighted by Crippen LogP contribution is -2.19. The average molecular weight is 327 g/mol. The molecule has 1 heterocycles. The van der Waals surface area contributed by atoms with E-state index in [1.54, 1.807) is 0 Å². The number of aryl methyl sites for hydroxylation is 2. The van der Waals surface area contributed by atoms with Crippen LogP contribution in [0.4, 0.5) is 5.69 Å². The van der Waals surface area contributed by atoms with E-state index in [4.69, 9.17) is 0 Å². The summed E-state index contributed by atoms with van der Waals surface area (Å²) in [5.74, 6) is -0.156. The van der Waals surface area contributed by atoms with Gasteiger partial charge in [-0.2, -0.15) is 0 Å². The van der Waals surface area contributed by atoms with Crippen molar-refractivity contribution in [3.05, 3.63) is 32.7 Å². The van der Waals surface area contributed by atoms with Gasteiger partial charge in [0, 0.05) is 20.2 Å². The van der Waals surface area contributed by atoms with E-state index in [1.807, 2.05) is 6.92 Å². The largest absolute Gasteiger partial charge is 0.328 e. The summed E-state index contributed by atoms with van der Waals surface area (Å²) in [5.41, 5.74) is -0.181. The lowest BCUT2D eigenvalue weighted by atomic mass is 10.2. The first-order valence-electron chi connectivity index (χ1n) is 6.77. The smallest absolute Gasteiger partial charge is 0.295 e. The summed E-state index contributed by atoms with van der Waals surface area (Å²) in [6.07, 6.45) is 1.09. The highest BCUT2D eigenvalue weighted by Crippen LogP contribution is 2.30. The van der Waals surface area contributed by atoms with Crippen molar-refractivity contribution >= 4 is 26.6 Å². The van der Waals surface area contributed by atoms with Crippen LogP contribution >= 0.6 is 0 Å². The van der Waals surface area contributed by atoms with Crippen LogP contribution in [0.25, 0.3) is 11.0 Å². The number of benzene rings is 1. The number of aromatic nitrogens is 2. The number of rotatable bonds is 5. The number of hydrogen-bond donors (Lipinski definition) is 0. The van der Waals surface area contributed by atoms with Crippen molar-refractivity contribution in [2.24, 2.45) is 14.1 Å². The number of imidazole rings is 1. The topological polar surface area (TPSA) is 104 Å². The van der Waals surface area contributed by atoms with Gasteiger partial charge in [0.05, 0.1) is 21.7 Å². The summed E-state index contributed by atoms with van der Waals surface area (Å²) in [7, 11) is -0.791. The number of unbranched alkanes of at least 4 members (excludes halogenated alkanes) is 1. The van der Waals surface area contributed by atoms with Gasteiger partial charge in [0.1, 0.15) is 4.90 Å². The molecule has 0 saturated heterocycles. The molecular formula is C13H17N3O5S. The third-order valence-corrected chi connectivity index (χ3v) is 5.47. The quantitative estimate of drug-likeness (QED) is 0.609. The molecule has 0 fully saturated rings. The van der Waals surface area contributed by atoms with E-state index < -0.39 is 20.4 Å². The van der Waals surface area contributed by atoms with Crippen LogP contribution in [-0.2, 0) is 23.9 Å². The van der Waals surface area contributed by atoms with Crippen LogP contribution in [0.1, 0.15) is 19.8 Å². The fourth-order valence-corrected chi connectivity index (χ4v) is 3.98. The summed E-state index contributed by atoms with van der Waals surface area (Å²) in [5, 5.41) is 11.2. The summed E-state index contributed by atoms with van der Waals surface area (Å²) in [6.45, 7) is 1.84. The summed E-state index contributed by atoms with van der Waals surface area (Å²) in [4.78, 5) is 22.1. The van der Waals surface area contributed by atoms with Crippen LogP contribution in [0, 0.1) is 10.1 Å². The van der Waals surface area contributed by atoms with Crippen LogP contribution in [-0.4, -0.2) is 28.2 Å². The second-order valence-corrected chi connectivity index (χ2v) is 7.22. The van der Waals surface area contributed by atoms with E-state index in [1.165, 1.54) is 29.3 Å². The molecular weight excluding hydrogens is 310 g/mol. The average Bonchev–Trinajstić information content (AvgIpc) is 2.68. The van der Waals surface area contributed by atoms with Crippen molar-refractivity contribution in [2.45, 2.75) is 24.7 Å². The Hall–Kier alpha value is -2.16. The van der Waals surface area contributed by atoms with Gasteiger partial charge in [0.25, 0.3) is 5.69 Å². The van der Waals surface area contributed by atoms with E-state index in [-0.39, 0.29) is 16.3 Å². The standard InChI is InChI=1S/C13H17N3O5S/c1-4-5-6-22(20,21)12-8-10-9(7-11(12)16(18)19)14(2)13(17)15(10)3/h7-8H,4-6H2,1-3H3. The molecule has 9 heteroatoms. The summed E-state index contributed by atoms with van der Waals surface area (Å²) >= 11 is 0. The SMILES string of the molecule is CCCCS(=O)(=O)c1cc2c(cc1[N+](=O)[O-])n(C)c(=O)n2C. The Kier molecular flexibility index (Phi) is 4.10. The first kappa shape index (κ1) is 16.2. The number of hydrogen-bond acceptors (Lipinski definition) is 5. The maximum Gasteiger partial charge on any atom is 0.328 e. The minimum absolute atomic E-state index is 0.156. The van der Waals surface area contributed by atoms with E-state index in [0.717, 1.165) is 6.07 Å². The van der Waals surface area contributed by atoms with Crippen molar-refractivity contribution < 1.29 is 13.3 Å². The van der Waals surface area contributed by atoms with Gasteiger partial charge in [0.15, 0.2) is 9.84 Å². The second kappa shape index (κ2) is 5.56. The predicted octanol–water partition coefficient (Wildman–Crippen LogP) is 1.36. The molecule has 1 aromatic carbocycles. The molecule has 0 radical (unpaired) electrons. The molecule has 0 aliphatic carbocycles. The molecule has 0 saturated carbocycles. The molecule has 0 atom stereocenters. The molecule has 0 N–H and O–H groups in total. The van der Waals surface area contributed by atoms with Gasteiger partial charge in [-0.15, -0.1) is 0 Å². The van der Waals surface area contributed by atoms with E-state index in [2.05, 4.69) is 0 Å². The molecule has 0 aliphatic rings. The number of nitrogens with zero attached hydrogens (tertiary/aromatic N) is 3. The molecule has 0 amide bonds. The molecule has 1 aromatic heterocycles. The fraction of sp³-hybridized carbons (Fsp3) is 0.462. The first-order chi connectivity index (χ1) is 10.2. The minimum Gasteiger partial charge on any atom is -0.295 e. The molecule has 0 aliphatic heterocycles. The fourth-order valence-electron chi connectivity index (χ4n) is 2.35. The Labute approximate surface area is 127 Å². The monoisotopic (exact) mass is 327 g/mol. The third-order valence-electron chi connectivity index (χ3n) is 3.65. The molecule has 22 heavy (non-hydrogen) atoms. The summed E-state index contributed by atoms with van der Waals surface area (Å²) in [6, 6.07) is 2.37. The zero-order valence-corrected chi connectivity index (χ0v) is 13.4. The predicted molar refractivity (Wildman–Crippen MR) is 81.8 cm³/mol. The molecule has 0 bridgehead atoms. The minimum atomic E-state index is -3.78. The van der Waals surface area contributed by atoms with Crippen molar-refractivity contribution in [2.75, 3.05) is 5.75 Å². The number of nitro benzene ring substituents is 1. The first-order valence-corrected chi connectivity index (χ1v) is 8.42. The maximum atomic E-state index is 12.4. The van der Waals surface area contributed by atoms with Crippen molar-refractivity contribution in [1.29, 1.82) is 0 Å².